The van der Waals surface area contributed by atoms with Gasteiger partial charge in [0.1, 0.15) is 17.2 Å². The van der Waals surface area contributed by atoms with Crippen LogP contribution in [0.2, 0.25) is 0 Å². The smallest absolute Gasteiger partial charge is 0.416 e. The fraction of sp³-hybridized carbons (Fsp3) is 0.250. The summed E-state index contributed by atoms with van der Waals surface area (Å²) in [4.78, 5) is 31.8. The summed E-state index contributed by atoms with van der Waals surface area (Å²) in [5, 5.41) is 3.14. The molecule has 184 valence electrons. The molecule has 5 N–H and O–H groups in total. The van der Waals surface area contributed by atoms with Crippen molar-refractivity contribution < 1.29 is 27.5 Å². The molecule has 2 unspecified atom stereocenters. The molecule has 8 nitrogen and oxygen atoms in total. The van der Waals surface area contributed by atoms with Crippen molar-refractivity contribution in [2.24, 2.45) is 17.4 Å². The van der Waals surface area contributed by atoms with Crippen LogP contribution >= 0.6 is 0 Å². The number of nitrogens with two attached hydrogens (primary N) is 2. The molecule has 1 heterocycles. The van der Waals surface area contributed by atoms with E-state index in [0.717, 1.165) is 12.1 Å². The van der Waals surface area contributed by atoms with E-state index >= 15 is 0 Å². The second-order valence-corrected chi connectivity index (χ2v) is 7.94. The van der Waals surface area contributed by atoms with Crippen LogP contribution in [0.3, 0.4) is 0 Å². The molecule has 3 rings (SSSR count). The minimum atomic E-state index is -4.42. The van der Waals surface area contributed by atoms with Crippen LogP contribution in [-0.2, 0) is 17.5 Å². The number of alkyl halides is 3. The highest BCUT2D eigenvalue weighted by Gasteiger charge is 2.30. The minimum absolute atomic E-state index is 0.0208. The predicted octanol–water partition coefficient (Wildman–Crippen LogP) is 3.65. The van der Waals surface area contributed by atoms with Crippen LogP contribution in [0.5, 0.6) is 11.5 Å². The van der Waals surface area contributed by atoms with Gasteiger partial charge in [0.05, 0.1) is 11.3 Å². The topological polar surface area (TPSA) is 133 Å². The monoisotopic (exact) mass is 487 g/mol. The molecule has 0 aliphatic rings. The molecule has 2 atom stereocenters. The molecule has 0 radical (unpaired) electrons. The van der Waals surface area contributed by atoms with Crippen molar-refractivity contribution in [3.8, 4) is 22.9 Å². The van der Waals surface area contributed by atoms with Crippen molar-refractivity contribution in [2.45, 2.75) is 32.6 Å². The lowest BCUT2D eigenvalue weighted by Crippen LogP contribution is -2.39. The highest BCUT2D eigenvalue weighted by molar-refractivity contribution is 5.91. The van der Waals surface area contributed by atoms with Gasteiger partial charge in [-0.2, -0.15) is 13.2 Å². The van der Waals surface area contributed by atoms with Gasteiger partial charge >= 0.3 is 6.18 Å². The molecule has 1 aromatic heterocycles. The van der Waals surface area contributed by atoms with Gasteiger partial charge in [-0.3, -0.25) is 9.59 Å². The first kappa shape index (κ1) is 25.6. The SMILES string of the molecule is CC(NCc1cc(C(N)=O)nc(-c2ccc(Oc3ccc(C(F)(F)F)cc3)cc2)n1)C(C)C(N)=O. The van der Waals surface area contributed by atoms with E-state index in [4.69, 9.17) is 16.2 Å². The first-order chi connectivity index (χ1) is 16.4. The molecule has 0 bridgehead atoms. The Balaban J connectivity index is 1.77. The quantitative estimate of drug-likeness (QED) is 0.422. The van der Waals surface area contributed by atoms with Crippen molar-refractivity contribution in [1.29, 1.82) is 0 Å². The third kappa shape index (κ3) is 6.76. The predicted molar refractivity (Wildman–Crippen MR) is 122 cm³/mol. The molecule has 0 fully saturated rings. The Morgan fingerprint density at radius 2 is 1.54 bits per heavy atom. The summed E-state index contributed by atoms with van der Waals surface area (Å²) < 4.78 is 43.7. The van der Waals surface area contributed by atoms with E-state index in [1.54, 1.807) is 31.2 Å². The Labute approximate surface area is 199 Å². The molecule has 3 aromatic rings. The van der Waals surface area contributed by atoms with Gasteiger partial charge < -0.3 is 21.5 Å². The van der Waals surface area contributed by atoms with Crippen LogP contribution in [0, 0.1) is 5.92 Å². The van der Waals surface area contributed by atoms with Gasteiger partial charge in [-0.05, 0) is 61.5 Å². The van der Waals surface area contributed by atoms with Gasteiger partial charge in [0.25, 0.3) is 5.91 Å². The minimum Gasteiger partial charge on any atom is -0.457 e. The van der Waals surface area contributed by atoms with Gasteiger partial charge in [0, 0.05) is 24.1 Å². The first-order valence-corrected chi connectivity index (χ1v) is 10.6. The van der Waals surface area contributed by atoms with Crippen molar-refractivity contribution in [2.75, 3.05) is 0 Å². The number of carbonyl (C=O) groups is 2. The molecule has 0 aliphatic carbocycles. The highest BCUT2D eigenvalue weighted by atomic mass is 19.4. The number of nitrogens with one attached hydrogen (secondary N) is 1. The van der Waals surface area contributed by atoms with E-state index < -0.39 is 29.5 Å². The number of halogens is 3. The number of rotatable bonds is 9. The van der Waals surface area contributed by atoms with Crippen LogP contribution in [0.15, 0.2) is 54.6 Å². The van der Waals surface area contributed by atoms with E-state index in [2.05, 4.69) is 15.3 Å². The van der Waals surface area contributed by atoms with Crippen LogP contribution in [0.1, 0.15) is 35.6 Å². The van der Waals surface area contributed by atoms with Crippen LogP contribution < -0.4 is 21.5 Å². The zero-order valence-corrected chi connectivity index (χ0v) is 19.0. The molecule has 0 aliphatic heterocycles. The summed E-state index contributed by atoms with van der Waals surface area (Å²) >= 11 is 0. The van der Waals surface area contributed by atoms with Crippen LogP contribution in [0.4, 0.5) is 13.2 Å². The number of benzene rings is 2. The number of hydrogen-bond donors (Lipinski definition) is 3. The summed E-state index contributed by atoms with van der Waals surface area (Å²) in [7, 11) is 0. The molecule has 11 heteroatoms. The standard InChI is InChI=1S/C24H24F3N5O3/c1-13(21(28)33)14(2)30-12-17-11-20(22(29)34)32-23(31-17)15-3-7-18(8-4-15)35-19-9-5-16(6-10-19)24(25,26)27/h3-11,13-14,30H,12H2,1-2H3,(H2,28,33)(H2,29,34). The number of hydrogen-bond acceptors (Lipinski definition) is 6. The van der Waals surface area contributed by atoms with Crippen molar-refractivity contribution in [1.82, 2.24) is 15.3 Å². The molecular formula is C24H24F3N5O3. The molecule has 0 spiro atoms. The van der Waals surface area contributed by atoms with Crippen molar-refractivity contribution in [3.63, 3.8) is 0 Å². The summed E-state index contributed by atoms with van der Waals surface area (Å²) in [5.74, 6) is -0.708. The average Bonchev–Trinajstić information content (AvgIpc) is 2.82. The molecule has 2 aromatic carbocycles. The Kier molecular flexibility index (Phi) is 7.70. The molecule has 0 saturated carbocycles. The molecular weight excluding hydrogens is 463 g/mol. The van der Waals surface area contributed by atoms with E-state index in [0.29, 0.717) is 17.0 Å². The Morgan fingerprint density at radius 1 is 0.971 bits per heavy atom. The summed E-state index contributed by atoms with van der Waals surface area (Å²) in [6.07, 6.45) is -4.42. The second kappa shape index (κ2) is 10.5. The van der Waals surface area contributed by atoms with E-state index in [1.165, 1.54) is 18.2 Å². The van der Waals surface area contributed by atoms with Gasteiger partial charge in [-0.1, -0.05) is 6.92 Å². The van der Waals surface area contributed by atoms with Gasteiger partial charge in [-0.25, -0.2) is 9.97 Å². The van der Waals surface area contributed by atoms with Crippen molar-refractivity contribution >= 4 is 11.8 Å². The van der Waals surface area contributed by atoms with E-state index in [9.17, 15) is 22.8 Å². The maximum atomic E-state index is 12.7. The fourth-order valence-corrected chi connectivity index (χ4v) is 3.05. The van der Waals surface area contributed by atoms with E-state index in [-0.39, 0.29) is 29.9 Å². The van der Waals surface area contributed by atoms with Gasteiger partial charge in [0.15, 0.2) is 5.82 Å². The lowest BCUT2D eigenvalue weighted by Gasteiger charge is -2.18. The van der Waals surface area contributed by atoms with Crippen LogP contribution in [0.25, 0.3) is 11.4 Å². The maximum absolute atomic E-state index is 12.7. The zero-order valence-electron chi connectivity index (χ0n) is 19.0. The Morgan fingerprint density at radius 3 is 2.06 bits per heavy atom. The van der Waals surface area contributed by atoms with Crippen molar-refractivity contribution in [3.05, 3.63) is 71.5 Å². The number of amides is 2. The average molecular weight is 487 g/mol. The van der Waals surface area contributed by atoms with Gasteiger partial charge in [-0.15, -0.1) is 0 Å². The molecule has 35 heavy (non-hydrogen) atoms. The fourth-order valence-electron chi connectivity index (χ4n) is 3.05. The number of aromatic nitrogens is 2. The van der Waals surface area contributed by atoms with Gasteiger partial charge in [0.2, 0.25) is 5.91 Å². The highest BCUT2D eigenvalue weighted by Crippen LogP contribution is 2.31. The third-order valence-corrected chi connectivity index (χ3v) is 5.37. The first-order valence-electron chi connectivity index (χ1n) is 10.6. The summed E-state index contributed by atoms with van der Waals surface area (Å²) in [6, 6.07) is 12.1. The van der Waals surface area contributed by atoms with E-state index in [1.807, 2.05) is 6.92 Å². The normalized spacial score (nSPS) is 13.2. The number of nitrogens with zero attached hydrogens (tertiary/aromatic N) is 2. The largest absolute Gasteiger partial charge is 0.457 e. The molecule has 0 saturated heterocycles. The lowest BCUT2D eigenvalue weighted by molar-refractivity contribution is -0.137. The summed E-state index contributed by atoms with van der Waals surface area (Å²) in [6.45, 7) is 3.75. The number of carbonyl (C=O) groups excluding carboxylic acids is 2. The second-order valence-electron chi connectivity index (χ2n) is 7.94. The summed E-state index contributed by atoms with van der Waals surface area (Å²) in [5.41, 5.74) is 11.1. The maximum Gasteiger partial charge on any atom is 0.416 e. The molecule has 2 amide bonds. The lowest BCUT2D eigenvalue weighted by atomic mass is 10.0. The van der Waals surface area contributed by atoms with Crippen LogP contribution in [-0.4, -0.2) is 27.8 Å². The zero-order chi connectivity index (χ0) is 25.8. The third-order valence-electron chi connectivity index (χ3n) is 5.37. The number of ether oxygens (including phenoxy) is 1. The number of primary amides is 2. The Bertz CT molecular complexity index is 1200. The Hall–Kier alpha value is -3.99.